The van der Waals surface area contributed by atoms with Crippen molar-refractivity contribution in [2.24, 2.45) is 0 Å². The number of benzene rings is 1. The first kappa shape index (κ1) is 16.2. The third-order valence-corrected chi connectivity index (χ3v) is 3.95. The fourth-order valence-electron chi connectivity index (χ4n) is 1.32. The van der Waals surface area contributed by atoms with Crippen LogP contribution in [0.4, 0.5) is 10.1 Å². The Kier molecular flexibility index (Phi) is 5.28. The summed E-state index contributed by atoms with van der Waals surface area (Å²) < 4.78 is 44.8. The predicted octanol–water partition coefficient (Wildman–Crippen LogP) is 0.897. The van der Waals surface area contributed by atoms with Crippen molar-refractivity contribution in [3.63, 3.8) is 0 Å². The summed E-state index contributed by atoms with van der Waals surface area (Å²) in [6.07, 6.45) is -0.315. The highest BCUT2D eigenvalue weighted by atomic mass is 32.2. The summed E-state index contributed by atoms with van der Waals surface area (Å²) in [5, 5.41) is 8.52. The molecule has 0 unspecified atom stereocenters. The molecule has 1 aromatic rings. The molecule has 0 saturated carbocycles. The fourth-order valence-corrected chi connectivity index (χ4v) is 2.24. The van der Waals surface area contributed by atoms with E-state index in [9.17, 15) is 17.6 Å². The molecule has 112 valence electrons. The van der Waals surface area contributed by atoms with Gasteiger partial charge in [-0.3, -0.25) is 9.52 Å². The number of methoxy groups -OCH3 is 1. The minimum absolute atomic E-state index is 0.0987. The molecule has 0 aliphatic carbocycles. The second kappa shape index (κ2) is 6.53. The third kappa shape index (κ3) is 4.35. The number of rotatable bonds is 7. The SMILES string of the molecule is COc1cc(NS(=O)(=O)N(C)CCC(=O)O)ccc1F. The lowest BCUT2D eigenvalue weighted by Crippen LogP contribution is -2.34. The summed E-state index contributed by atoms with van der Waals surface area (Å²) in [7, 11) is -1.40. The van der Waals surface area contributed by atoms with Gasteiger partial charge < -0.3 is 9.84 Å². The molecule has 7 nitrogen and oxygen atoms in total. The fraction of sp³-hybridized carbons (Fsp3) is 0.364. The van der Waals surface area contributed by atoms with E-state index < -0.39 is 22.0 Å². The largest absolute Gasteiger partial charge is 0.494 e. The smallest absolute Gasteiger partial charge is 0.304 e. The summed E-state index contributed by atoms with van der Waals surface area (Å²) in [6, 6.07) is 3.49. The number of hydrogen-bond acceptors (Lipinski definition) is 4. The van der Waals surface area contributed by atoms with Crippen LogP contribution < -0.4 is 9.46 Å². The first-order chi connectivity index (χ1) is 9.26. The number of hydrogen-bond donors (Lipinski definition) is 2. The van der Waals surface area contributed by atoms with Crippen molar-refractivity contribution in [3.8, 4) is 5.75 Å². The zero-order chi connectivity index (χ0) is 15.3. The van der Waals surface area contributed by atoms with Gasteiger partial charge in [-0.1, -0.05) is 0 Å². The Morgan fingerprint density at radius 1 is 1.50 bits per heavy atom. The molecule has 0 heterocycles. The Morgan fingerprint density at radius 2 is 2.15 bits per heavy atom. The van der Waals surface area contributed by atoms with Crippen molar-refractivity contribution < 1.29 is 27.4 Å². The highest BCUT2D eigenvalue weighted by Gasteiger charge is 2.19. The van der Waals surface area contributed by atoms with Gasteiger partial charge in [0.1, 0.15) is 0 Å². The van der Waals surface area contributed by atoms with Crippen molar-refractivity contribution in [3.05, 3.63) is 24.0 Å². The van der Waals surface area contributed by atoms with Crippen LogP contribution in [0.1, 0.15) is 6.42 Å². The minimum atomic E-state index is -3.90. The summed E-state index contributed by atoms with van der Waals surface area (Å²) in [5.41, 5.74) is 0.116. The minimum Gasteiger partial charge on any atom is -0.494 e. The number of carboxylic acid groups (broad SMARTS) is 1. The number of nitrogens with zero attached hydrogens (tertiary/aromatic N) is 1. The van der Waals surface area contributed by atoms with Gasteiger partial charge in [-0.25, -0.2) is 4.39 Å². The number of nitrogens with one attached hydrogen (secondary N) is 1. The molecule has 1 aromatic carbocycles. The molecule has 0 spiro atoms. The Hall–Kier alpha value is -1.87. The summed E-state index contributed by atoms with van der Waals surface area (Å²) >= 11 is 0. The van der Waals surface area contributed by atoms with Gasteiger partial charge in [0.25, 0.3) is 0 Å². The maximum atomic E-state index is 13.2. The van der Waals surface area contributed by atoms with Gasteiger partial charge in [0, 0.05) is 19.7 Å². The summed E-state index contributed by atoms with van der Waals surface area (Å²) in [4.78, 5) is 10.4. The number of anilines is 1. The average molecular weight is 306 g/mol. The molecule has 0 aromatic heterocycles. The van der Waals surface area contributed by atoms with Crippen molar-refractivity contribution >= 4 is 21.9 Å². The van der Waals surface area contributed by atoms with E-state index in [1.807, 2.05) is 0 Å². The van der Waals surface area contributed by atoms with Gasteiger partial charge in [-0.15, -0.1) is 0 Å². The Morgan fingerprint density at radius 3 is 2.70 bits per heavy atom. The molecule has 0 saturated heterocycles. The molecule has 1 rings (SSSR count). The van der Waals surface area contributed by atoms with Crippen molar-refractivity contribution in [2.75, 3.05) is 25.4 Å². The molecular formula is C11H15FN2O5S. The quantitative estimate of drug-likeness (QED) is 0.780. The van der Waals surface area contributed by atoms with E-state index in [1.54, 1.807) is 0 Å². The molecule has 20 heavy (non-hydrogen) atoms. The van der Waals surface area contributed by atoms with Gasteiger partial charge in [-0.05, 0) is 12.1 Å². The van der Waals surface area contributed by atoms with Gasteiger partial charge >= 0.3 is 16.2 Å². The lowest BCUT2D eigenvalue weighted by atomic mass is 10.3. The standard InChI is InChI=1S/C11H15FN2O5S/c1-14(6-5-11(15)16)20(17,18)13-8-3-4-9(12)10(7-8)19-2/h3-4,7,13H,5-6H2,1-2H3,(H,15,16). The molecule has 9 heteroatoms. The topological polar surface area (TPSA) is 95.9 Å². The van der Waals surface area contributed by atoms with Gasteiger partial charge in [0.15, 0.2) is 11.6 Å². The first-order valence-electron chi connectivity index (χ1n) is 5.55. The molecule has 2 N–H and O–H groups in total. The van der Waals surface area contributed by atoms with Gasteiger partial charge in [0.2, 0.25) is 0 Å². The zero-order valence-electron chi connectivity index (χ0n) is 11.0. The van der Waals surface area contributed by atoms with E-state index in [0.29, 0.717) is 0 Å². The monoisotopic (exact) mass is 306 g/mol. The Labute approximate surface area is 116 Å². The van der Waals surface area contributed by atoms with Crippen LogP contribution >= 0.6 is 0 Å². The molecule has 0 radical (unpaired) electrons. The van der Waals surface area contributed by atoms with Crippen LogP contribution in [0.2, 0.25) is 0 Å². The van der Waals surface area contributed by atoms with E-state index in [4.69, 9.17) is 9.84 Å². The molecule has 0 amide bonds. The van der Waals surface area contributed by atoms with Crippen LogP contribution in [0.25, 0.3) is 0 Å². The van der Waals surface area contributed by atoms with E-state index in [0.717, 1.165) is 10.4 Å². The van der Waals surface area contributed by atoms with Crippen LogP contribution in [0, 0.1) is 5.82 Å². The summed E-state index contributed by atoms with van der Waals surface area (Å²) in [5.74, 6) is -1.82. The molecule has 0 aliphatic heterocycles. The van der Waals surface area contributed by atoms with Gasteiger partial charge in [-0.2, -0.15) is 12.7 Å². The van der Waals surface area contributed by atoms with Crippen LogP contribution in [-0.2, 0) is 15.0 Å². The highest BCUT2D eigenvalue weighted by Crippen LogP contribution is 2.22. The Balaban J connectivity index is 2.82. The maximum absolute atomic E-state index is 13.2. The normalized spacial score (nSPS) is 11.4. The first-order valence-corrected chi connectivity index (χ1v) is 6.99. The predicted molar refractivity (Wildman–Crippen MR) is 70.4 cm³/mol. The number of ether oxygens (including phenoxy) is 1. The van der Waals surface area contributed by atoms with Crippen LogP contribution in [-0.4, -0.2) is 44.5 Å². The van der Waals surface area contributed by atoms with E-state index >= 15 is 0 Å². The number of aliphatic carboxylic acids is 1. The maximum Gasteiger partial charge on any atom is 0.304 e. The third-order valence-electron chi connectivity index (χ3n) is 2.45. The Bertz CT molecular complexity index is 590. The van der Waals surface area contributed by atoms with E-state index in [1.165, 1.54) is 26.3 Å². The molecule has 0 fully saturated rings. The zero-order valence-corrected chi connectivity index (χ0v) is 11.8. The second-order valence-corrected chi connectivity index (χ2v) is 5.70. The lowest BCUT2D eigenvalue weighted by Gasteiger charge is -2.17. The lowest BCUT2D eigenvalue weighted by molar-refractivity contribution is -0.137. The van der Waals surface area contributed by atoms with E-state index in [-0.39, 0.29) is 24.4 Å². The molecule has 0 aliphatic rings. The summed E-state index contributed by atoms with van der Waals surface area (Å²) in [6.45, 7) is -0.178. The van der Waals surface area contributed by atoms with Crippen molar-refractivity contribution in [2.45, 2.75) is 6.42 Å². The van der Waals surface area contributed by atoms with Crippen LogP contribution in [0.3, 0.4) is 0 Å². The molecule has 0 atom stereocenters. The van der Waals surface area contributed by atoms with E-state index in [2.05, 4.69) is 4.72 Å². The van der Waals surface area contributed by atoms with Crippen LogP contribution in [0.15, 0.2) is 18.2 Å². The average Bonchev–Trinajstić information content (AvgIpc) is 2.37. The highest BCUT2D eigenvalue weighted by molar-refractivity contribution is 7.90. The second-order valence-electron chi connectivity index (χ2n) is 3.92. The van der Waals surface area contributed by atoms with Crippen molar-refractivity contribution in [1.29, 1.82) is 0 Å². The number of halogens is 1. The molecule has 0 bridgehead atoms. The van der Waals surface area contributed by atoms with Gasteiger partial charge in [0.05, 0.1) is 19.2 Å². The molecular weight excluding hydrogens is 291 g/mol. The number of carbonyl (C=O) groups is 1. The van der Waals surface area contributed by atoms with Crippen molar-refractivity contribution in [1.82, 2.24) is 4.31 Å². The number of carboxylic acids is 1. The van der Waals surface area contributed by atoms with Crippen LogP contribution in [0.5, 0.6) is 5.75 Å².